The van der Waals surface area contributed by atoms with Gasteiger partial charge >= 0.3 is 7.82 Å². The van der Waals surface area contributed by atoms with E-state index in [9.17, 15) is 19.7 Å². The second-order valence-electron chi connectivity index (χ2n) is 9.19. The van der Waals surface area contributed by atoms with Crippen LogP contribution in [0.5, 0.6) is 0 Å². The van der Waals surface area contributed by atoms with Gasteiger partial charge in [-0.25, -0.2) is 29.5 Å². The van der Waals surface area contributed by atoms with Gasteiger partial charge in [0.05, 0.1) is 31.0 Å². The monoisotopic (exact) mass is 563 g/mol. The van der Waals surface area contributed by atoms with Crippen LogP contribution in [0, 0.1) is 0 Å². The van der Waals surface area contributed by atoms with Crippen LogP contribution >= 0.6 is 7.82 Å². The van der Waals surface area contributed by atoms with Crippen LogP contribution in [0.25, 0.3) is 22.2 Å². The zero-order valence-corrected chi connectivity index (χ0v) is 21.2. The second kappa shape index (κ2) is 10.0. The van der Waals surface area contributed by atoms with E-state index in [4.69, 9.17) is 30.0 Å². The fourth-order valence-electron chi connectivity index (χ4n) is 4.85. The van der Waals surface area contributed by atoms with E-state index in [1.54, 1.807) is 21.4 Å². The highest BCUT2D eigenvalue weighted by Gasteiger charge is 2.43. The Kier molecular flexibility index (Phi) is 6.68. The van der Waals surface area contributed by atoms with E-state index in [1.165, 1.54) is 19.0 Å². The standard InChI is InChI=1S/C21H26N9O8P/c22-18-10-1-2-29(20(10)26-7-24-18)16-4-12(13(5-31)36-16)38-39(33,34)35-6-14-11(32)3-15(37-14)30-9-28-17-19(23)25-8-27-21(17)30/h1-2,7-9,11-16,31-32H,3-6H2,(H,33,34)(H2,22,24,26)(H2,23,25,27)/t11?,12?,13-,14-,15-,16-/m1/s1. The summed E-state index contributed by atoms with van der Waals surface area (Å²) >= 11 is 0. The maximum atomic E-state index is 12.8. The molecular formula is C21H26N9O8P. The first kappa shape index (κ1) is 26.0. The van der Waals surface area contributed by atoms with Gasteiger partial charge in [-0.05, 0) is 6.07 Å². The molecule has 0 spiro atoms. The lowest BCUT2D eigenvalue weighted by atomic mass is 10.2. The molecular weight excluding hydrogens is 537 g/mol. The van der Waals surface area contributed by atoms with E-state index in [1.807, 2.05) is 0 Å². The number of nitrogen functional groups attached to an aromatic ring is 2. The van der Waals surface area contributed by atoms with Crippen LogP contribution in [0.15, 0.2) is 31.2 Å². The van der Waals surface area contributed by atoms with E-state index in [-0.39, 0.29) is 18.7 Å². The number of aromatic nitrogens is 7. The lowest BCUT2D eigenvalue weighted by Crippen LogP contribution is -2.29. The van der Waals surface area contributed by atoms with Gasteiger partial charge in [0.25, 0.3) is 0 Å². The summed E-state index contributed by atoms with van der Waals surface area (Å²) in [5.41, 5.74) is 13.0. The average molecular weight is 563 g/mol. The lowest BCUT2D eigenvalue weighted by Gasteiger charge is -2.21. The van der Waals surface area contributed by atoms with Gasteiger partial charge in [0, 0.05) is 19.0 Å². The Balaban J connectivity index is 1.09. The minimum Gasteiger partial charge on any atom is -0.394 e. The zero-order chi connectivity index (χ0) is 27.3. The Morgan fingerprint density at radius 1 is 1.00 bits per heavy atom. The molecule has 7 atom stereocenters. The first-order valence-electron chi connectivity index (χ1n) is 12.0. The van der Waals surface area contributed by atoms with Crippen molar-refractivity contribution in [1.82, 2.24) is 34.1 Å². The van der Waals surface area contributed by atoms with Gasteiger partial charge < -0.3 is 40.6 Å². The van der Waals surface area contributed by atoms with Crippen molar-refractivity contribution in [3.8, 4) is 0 Å². The second-order valence-corrected chi connectivity index (χ2v) is 10.6. The molecule has 39 heavy (non-hydrogen) atoms. The molecule has 0 bridgehead atoms. The quantitative estimate of drug-likeness (QED) is 0.175. The van der Waals surface area contributed by atoms with E-state index in [2.05, 4.69) is 24.9 Å². The van der Waals surface area contributed by atoms with Crippen molar-refractivity contribution in [1.29, 1.82) is 0 Å². The summed E-state index contributed by atoms with van der Waals surface area (Å²) in [4.78, 5) is 30.9. The predicted octanol–water partition coefficient (Wildman–Crippen LogP) is -0.134. The minimum absolute atomic E-state index is 0.121. The highest BCUT2D eigenvalue weighted by molar-refractivity contribution is 7.47. The molecule has 0 aromatic carbocycles. The Bertz CT molecular complexity index is 1550. The molecule has 2 aliphatic heterocycles. The Labute approximate surface area is 219 Å². The maximum Gasteiger partial charge on any atom is 0.472 e. The van der Waals surface area contributed by atoms with Gasteiger partial charge in [-0.2, -0.15) is 0 Å². The van der Waals surface area contributed by atoms with Crippen molar-refractivity contribution < 1.29 is 38.2 Å². The van der Waals surface area contributed by atoms with Gasteiger partial charge in [0.15, 0.2) is 11.5 Å². The van der Waals surface area contributed by atoms with E-state index < -0.39 is 57.9 Å². The number of phosphoric acid groups is 1. The molecule has 7 N–H and O–H groups in total. The number of nitrogens with zero attached hydrogens (tertiary/aromatic N) is 7. The molecule has 4 aromatic rings. The highest BCUT2D eigenvalue weighted by atomic mass is 31.2. The van der Waals surface area contributed by atoms with Crippen molar-refractivity contribution >= 4 is 41.7 Å². The average Bonchev–Trinajstić information content (AvgIpc) is 3.68. The van der Waals surface area contributed by atoms with Gasteiger partial charge in [-0.15, -0.1) is 0 Å². The normalized spacial score (nSPS) is 28.9. The molecule has 6 rings (SSSR count). The molecule has 0 aliphatic carbocycles. The number of hydrogen-bond donors (Lipinski definition) is 5. The van der Waals surface area contributed by atoms with Gasteiger partial charge in [0.2, 0.25) is 0 Å². The summed E-state index contributed by atoms with van der Waals surface area (Å²) in [6.45, 7) is -0.898. The smallest absolute Gasteiger partial charge is 0.394 e. The summed E-state index contributed by atoms with van der Waals surface area (Å²) in [5, 5.41) is 20.9. The fraction of sp³-hybridized carbons (Fsp3) is 0.476. The van der Waals surface area contributed by atoms with Crippen molar-refractivity contribution in [2.24, 2.45) is 0 Å². The number of phosphoric ester groups is 1. The van der Waals surface area contributed by atoms with Gasteiger partial charge in [0.1, 0.15) is 60.4 Å². The third-order valence-electron chi connectivity index (χ3n) is 6.78. The number of aliphatic hydroxyl groups is 2. The van der Waals surface area contributed by atoms with E-state index >= 15 is 0 Å². The third-order valence-corrected chi connectivity index (χ3v) is 7.80. The van der Waals surface area contributed by atoms with Crippen molar-refractivity contribution in [2.45, 2.75) is 49.7 Å². The Hall–Kier alpha value is -3.28. The van der Waals surface area contributed by atoms with Crippen LogP contribution in [0.1, 0.15) is 25.3 Å². The summed E-state index contributed by atoms with van der Waals surface area (Å²) in [7, 11) is -4.65. The number of nitrogens with two attached hydrogens (primary N) is 2. The minimum atomic E-state index is -4.65. The number of aliphatic hydroxyl groups excluding tert-OH is 2. The summed E-state index contributed by atoms with van der Waals surface area (Å²) in [5.74, 6) is 0.505. The molecule has 17 nitrogen and oxygen atoms in total. The number of rotatable bonds is 8. The molecule has 0 amide bonds. The molecule has 2 fully saturated rings. The molecule has 208 valence electrons. The first-order chi connectivity index (χ1) is 18.7. The van der Waals surface area contributed by atoms with Gasteiger partial charge in [-0.3, -0.25) is 13.6 Å². The zero-order valence-electron chi connectivity index (χ0n) is 20.3. The number of ether oxygens (including phenoxy) is 2. The van der Waals surface area contributed by atoms with Crippen molar-refractivity contribution in [3.05, 3.63) is 31.2 Å². The molecule has 18 heteroatoms. The Morgan fingerprint density at radius 3 is 2.51 bits per heavy atom. The molecule has 0 radical (unpaired) electrons. The molecule has 3 unspecified atom stereocenters. The largest absolute Gasteiger partial charge is 0.472 e. The van der Waals surface area contributed by atoms with Crippen LogP contribution in [-0.2, 0) is 23.1 Å². The van der Waals surface area contributed by atoms with E-state index in [0.29, 0.717) is 28.0 Å². The first-order valence-corrected chi connectivity index (χ1v) is 13.5. The van der Waals surface area contributed by atoms with E-state index in [0.717, 1.165) is 0 Å². The highest BCUT2D eigenvalue weighted by Crippen LogP contribution is 2.49. The van der Waals surface area contributed by atoms with Crippen LogP contribution in [0.4, 0.5) is 11.6 Å². The summed E-state index contributed by atoms with van der Waals surface area (Å²) < 4.78 is 38.4. The summed E-state index contributed by atoms with van der Waals surface area (Å²) in [6, 6.07) is 1.73. The fourth-order valence-corrected chi connectivity index (χ4v) is 5.82. The molecule has 2 aliphatic rings. The maximum absolute atomic E-state index is 12.8. The summed E-state index contributed by atoms with van der Waals surface area (Å²) in [6.07, 6.45) is 0.919. The van der Waals surface area contributed by atoms with Gasteiger partial charge in [-0.1, -0.05) is 0 Å². The lowest BCUT2D eigenvalue weighted by molar-refractivity contribution is -0.0553. The van der Waals surface area contributed by atoms with Crippen molar-refractivity contribution in [3.63, 3.8) is 0 Å². The topological polar surface area (TPSA) is 241 Å². The number of anilines is 2. The number of hydrogen-bond acceptors (Lipinski definition) is 14. The number of imidazole rings is 1. The molecule has 0 saturated carbocycles. The molecule has 6 heterocycles. The molecule has 4 aromatic heterocycles. The van der Waals surface area contributed by atoms with Crippen molar-refractivity contribution in [2.75, 3.05) is 24.7 Å². The SMILES string of the molecule is Nc1ncnc2c1ccn2[C@H]1CC(OP(=O)(O)OC[C@H]2O[C@@H](n3cnc4c(N)ncnc43)CC2O)[C@@H](CO)O1. The van der Waals surface area contributed by atoms with Crippen LogP contribution in [-0.4, -0.2) is 86.8 Å². The van der Waals surface area contributed by atoms with Crippen LogP contribution in [0.2, 0.25) is 0 Å². The molecule has 2 saturated heterocycles. The van der Waals surface area contributed by atoms with Crippen LogP contribution in [0.3, 0.4) is 0 Å². The Morgan fingerprint density at radius 2 is 1.72 bits per heavy atom. The number of fused-ring (bicyclic) bond motifs is 2. The predicted molar refractivity (Wildman–Crippen MR) is 132 cm³/mol. The third kappa shape index (κ3) is 4.83. The van der Waals surface area contributed by atoms with Crippen LogP contribution < -0.4 is 11.5 Å².